The lowest BCUT2D eigenvalue weighted by Crippen LogP contribution is -2.62. The van der Waals surface area contributed by atoms with Crippen molar-refractivity contribution in [1.82, 2.24) is 98.0 Å². The van der Waals surface area contributed by atoms with Crippen molar-refractivity contribution in [3.8, 4) is 5.75 Å². The number of aliphatic carboxylic acids is 1. The van der Waals surface area contributed by atoms with Crippen molar-refractivity contribution in [3.05, 3.63) is 120 Å². The number of aliphatic hydroxyl groups excluding tert-OH is 1. The minimum Gasteiger partial charge on any atom is -0.508 e. The van der Waals surface area contributed by atoms with Gasteiger partial charge in [-0.2, -0.15) is 0 Å². The van der Waals surface area contributed by atoms with Gasteiger partial charge in [0.25, 0.3) is 0 Å². The Balaban J connectivity index is 1.17. The number of unbranched alkanes of at least 4 members (excludes halogenated alkanes) is 2. The van der Waals surface area contributed by atoms with Gasteiger partial charge in [0.05, 0.1) is 25.1 Å². The van der Waals surface area contributed by atoms with Gasteiger partial charge in [-0.1, -0.05) is 102 Å². The normalized spacial score (nSPS) is 24.3. The zero-order chi connectivity index (χ0) is 94.5. The molecule has 5 heterocycles. The van der Waals surface area contributed by atoms with E-state index in [1.165, 1.54) is 71.8 Å². The Hall–Kier alpha value is -13.0. The van der Waals surface area contributed by atoms with Crippen LogP contribution in [0.4, 0.5) is 0 Å². The summed E-state index contributed by atoms with van der Waals surface area (Å²) >= 11 is 0.753. The number of phenols is 1. The van der Waals surface area contributed by atoms with Gasteiger partial charge >= 0.3 is 5.97 Å². The quantitative estimate of drug-likeness (QED) is 0.0321. The number of benzene rings is 3. The molecule has 2 aliphatic rings. The highest BCUT2D eigenvalue weighted by Crippen LogP contribution is 2.26. The van der Waals surface area contributed by atoms with E-state index < -0.39 is 216 Å². The number of aliphatic hydroxyl groups is 1. The number of carbonyl (C=O) groups is 17. The molecule has 41 nitrogen and oxygen atoms in total. The molecule has 21 N–H and O–H groups in total. The van der Waals surface area contributed by atoms with E-state index >= 15 is 24.0 Å². The smallest absolute Gasteiger partial charge is 0.322 e. The predicted octanol–water partition coefficient (Wildman–Crippen LogP) is -1.70. The maximum absolute atomic E-state index is 15.6. The number of H-pyrrole nitrogens is 3. The van der Waals surface area contributed by atoms with Gasteiger partial charge in [0, 0.05) is 105 Å². The number of carboxylic acids is 1. The van der Waals surface area contributed by atoms with E-state index in [-0.39, 0.29) is 89.0 Å². The number of nitrogens with one attached hydrogen (secondary N) is 14. The number of fused-ring (bicyclic) bond motifs is 3. The first kappa shape index (κ1) is 101. The summed E-state index contributed by atoms with van der Waals surface area (Å²) in [5.41, 5.74) is 14.9. The fourth-order valence-corrected chi connectivity index (χ4v) is 16.2. The summed E-state index contributed by atoms with van der Waals surface area (Å²) in [6.07, 6.45) is 5.65. The van der Waals surface area contributed by atoms with Gasteiger partial charge < -0.3 is 120 Å². The van der Waals surface area contributed by atoms with Crippen molar-refractivity contribution in [2.45, 2.75) is 222 Å². The first-order valence-corrected chi connectivity index (χ1v) is 44.3. The zero-order valence-electron chi connectivity index (χ0n) is 73.8. The van der Waals surface area contributed by atoms with E-state index in [1.54, 1.807) is 74.8 Å². The van der Waals surface area contributed by atoms with Gasteiger partial charge in [0.1, 0.15) is 96.9 Å². The molecule has 2 fully saturated rings. The number of aromatic amines is 3. The summed E-state index contributed by atoms with van der Waals surface area (Å²) < 4.78 is 0. The molecule has 2 saturated heterocycles. The Morgan fingerprint density at radius 3 is 1.67 bits per heavy atom. The van der Waals surface area contributed by atoms with Crippen LogP contribution in [-0.4, -0.2) is 299 Å². The van der Waals surface area contributed by atoms with Crippen molar-refractivity contribution in [2.24, 2.45) is 17.4 Å². The van der Waals surface area contributed by atoms with Crippen LogP contribution in [0.25, 0.3) is 21.8 Å². The van der Waals surface area contributed by atoms with E-state index in [2.05, 4.69) is 78.4 Å². The van der Waals surface area contributed by atoms with E-state index in [4.69, 9.17) is 11.5 Å². The number of para-hydroxylation sites is 2. The number of nitrogens with two attached hydrogens (primary N) is 2. The van der Waals surface area contributed by atoms with Crippen LogP contribution < -0.4 is 70.0 Å². The zero-order valence-corrected chi connectivity index (χ0v) is 74.6. The SMILES string of the molecule is CCCC[C@H]1C(=O)N(C)[C@@H](CCCC)C(=O)N[C@@H](C)C(=O)N[C@H](C(=O)NCC(=O)O)CSCC(=O)N[C@@H](Cc2ccc(O)cc2)C(=O)N(C)[C@@H](C)C(=O)N[C@@H](CC(N)=O)C(=O)N2CCC[C@H]2C(=O)N[C@@H](Cc2cnc[nH]2)C(=O)N[C@@H](CC(C)C)C(=O)N[C@@H](CCN)C(=O)N[C@@H](Cc2c[nH]c3ccccc23)C(=O)N[C@@H](CO)C(=O)N[C@@H](Cc2c[nH]c3ccccc23)C(=O)N1C. The Kier molecular flexibility index (Phi) is 38.4. The number of aromatic hydroxyl groups is 1. The van der Waals surface area contributed by atoms with Crippen molar-refractivity contribution in [2.75, 3.05) is 58.9 Å². The first-order chi connectivity index (χ1) is 61.4. The molecule has 3 aromatic carbocycles. The largest absolute Gasteiger partial charge is 0.508 e. The molecule has 14 atom stereocenters. The molecule has 0 radical (unpaired) electrons. The van der Waals surface area contributed by atoms with Crippen LogP contribution >= 0.6 is 11.8 Å². The van der Waals surface area contributed by atoms with Crippen LogP contribution in [0.2, 0.25) is 0 Å². The van der Waals surface area contributed by atoms with Gasteiger partial charge in [-0.15, -0.1) is 11.8 Å². The molecule has 0 bridgehead atoms. The molecule has 2 aliphatic heterocycles. The van der Waals surface area contributed by atoms with Crippen LogP contribution in [-0.2, 0) is 107 Å². The van der Waals surface area contributed by atoms with Crippen molar-refractivity contribution in [1.29, 1.82) is 0 Å². The predicted molar refractivity (Wildman–Crippen MR) is 474 cm³/mol. The number of likely N-dealkylation sites (N-methyl/N-ethyl adjacent to an activating group) is 3. The molecular formula is C87H121N21O20S. The van der Waals surface area contributed by atoms with Crippen LogP contribution in [0.3, 0.4) is 0 Å². The monoisotopic (exact) mass is 1810 g/mol. The number of thioether (sulfide) groups is 1. The lowest BCUT2D eigenvalue weighted by atomic mass is 10.00. The third-order valence-electron chi connectivity index (χ3n) is 22.7. The third kappa shape index (κ3) is 28.8. The molecule has 0 unspecified atom stereocenters. The maximum Gasteiger partial charge on any atom is 0.322 e. The Bertz CT molecular complexity index is 4950. The number of aromatic nitrogens is 4. The van der Waals surface area contributed by atoms with Crippen molar-refractivity contribution in [3.63, 3.8) is 0 Å². The molecular weight excluding hydrogens is 1690 g/mol. The number of rotatable bonds is 24. The number of amides is 16. The summed E-state index contributed by atoms with van der Waals surface area (Å²) in [6, 6.07) is -1.82. The van der Waals surface area contributed by atoms with E-state index in [0.717, 1.165) is 31.4 Å². The molecule has 42 heteroatoms. The lowest BCUT2D eigenvalue weighted by molar-refractivity contribution is -0.149. The number of carbonyl (C=O) groups excluding carboxylic acids is 16. The average Bonchev–Trinajstić information content (AvgIpc) is 1.78. The van der Waals surface area contributed by atoms with Crippen LogP contribution in [0, 0.1) is 5.92 Å². The highest BCUT2D eigenvalue weighted by molar-refractivity contribution is 8.00. The Labute approximate surface area is 749 Å². The lowest BCUT2D eigenvalue weighted by Gasteiger charge is -2.36. The van der Waals surface area contributed by atoms with Gasteiger partial charge in [-0.3, -0.25) is 81.5 Å². The molecule has 0 aliphatic carbocycles. The molecule has 0 saturated carbocycles. The second kappa shape index (κ2) is 48.8. The van der Waals surface area contributed by atoms with Crippen LogP contribution in [0.5, 0.6) is 5.75 Å². The fourth-order valence-electron chi connectivity index (χ4n) is 15.3. The molecule has 6 aromatic rings. The van der Waals surface area contributed by atoms with Gasteiger partial charge in [0.2, 0.25) is 94.5 Å². The average molecular weight is 1810 g/mol. The van der Waals surface area contributed by atoms with E-state index in [0.29, 0.717) is 69.9 Å². The summed E-state index contributed by atoms with van der Waals surface area (Å²) in [5, 5.41) is 60.8. The number of hydrogen-bond donors (Lipinski definition) is 19. The summed E-state index contributed by atoms with van der Waals surface area (Å²) in [4.78, 5) is 264. The maximum atomic E-state index is 15.6. The van der Waals surface area contributed by atoms with E-state index in [9.17, 15) is 72.9 Å². The first-order valence-electron chi connectivity index (χ1n) is 43.1. The third-order valence-corrected chi connectivity index (χ3v) is 23.7. The fraction of sp³-hybridized carbons (Fsp3) is 0.517. The number of nitrogens with zero attached hydrogens (tertiary/aromatic N) is 5. The minimum atomic E-state index is -1.87. The van der Waals surface area contributed by atoms with Crippen LogP contribution in [0.15, 0.2) is 97.7 Å². The standard InChI is InChI=1S/C87H121N21O20S/c1-10-12-23-68-82(123)95-48(5)74(115)104-67(76(117)93-42-73(113)114)44-129-45-72(112)96-63(34-50-26-28-54(110)29-27-50)84(125)105(7)49(6)75(116)101-65(38-71(89)111)86(127)108-32-18-25-69(108)83(124)100-62(37-53-41-90-46-94-53)80(121)98-60(33-47(3)4)78(119)97-59(30-31-88)77(118)99-61(35-51-39-91-57-21-16-14-19-55(51)57)79(120)103-66(43-109)81(122)102-64(36-52-40-92-58-22-17-15-20-56(52)58)85(126)107(9)70(24-13-11-2)87(128)106(68)8/h14-17,19-22,26-29,39-41,46-49,59-70,91-92,109-110H,10-13,18,23-25,30-38,42-45,88H2,1-9H3,(H2,89,111)(H,90,94)(H,93,117)(H,95,123)(H,96,112)(H,97,119)(H,98,121)(H,99,118)(H,100,124)(H,101,116)(H,102,122)(H,103,120)(H,104,115)(H,113,114)/t48-,49-,59-,60-,61-,62-,63-,64-,65-,66-,67-,68-,69-,70-/m0/s1. The minimum absolute atomic E-state index is 0.00629. The molecule has 3 aromatic heterocycles. The second-order valence-corrected chi connectivity index (χ2v) is 33.9. The van der Waals surface area contributed by atoms with E-state index in [1.807, 2.05) is 13.8 Å². The summed E-state index contributed by atoms with van der Waals surface area (Å²) in [7, 11) is 3.91. The molecule has 8 rings (SSSR count). The molecule has 129 heavy (non-hydrogen) atoms. The summed E-state index contributed by atoms with van der Waals surface area (Å²) in [5.74, 6) is -17.9. The number of phenolic OH excluding ortho intramolecular Hbond substituents is 1. The van der Waals surface area contributed by atoms with Crippen molar-refractivity contribution >= 4 is 134 Å². The molecule has 0 spiro atoms. The molecule has 700 valence electrons. The number of hydrogen-bond acceptors (Lipinski definition) is 22. The van der Waals surface area contributed by atoms with Crippen LogP contribution in [0.1, 0.15) is 135 Å². The van der Waals surface area contributed by atoms with Crippen molar-refractivity contribution < 1.29 is 96.8 Å². The van der Waals surface area contributed by atoms with Gasteiger partial charge in [0.15, 0.2) is 0 Å². The number of primary amides is 1. The van der Waals surface area contributed by atoms with Gasteiger partial charge in [-0.05, 0) is 106 Å². The Morgan fingerprint density at radius 1 is 0.558 bits per heavy atom. The summed E-state index contributed by atoms with van der Waals surface area (Å²) in [6.45, 7) is 7.39. The highest BCUT2D eigenvalue weighted by atomic mass is 32.2. The highest BCUT2D eigenvalue weighted by Gasteiger charge is 2.44. The number of imidazole rings is 1. The second-order valence-electron chi connectivity index (χ2n) is 32.8. The molecule has 16 amide bonds. The Morgan fingerprint density at radius 2 is 1.09 bits per heavy atom. The van der Waals surface area contributed by atoms with Gasteiger partial charge in [-0.25, -0.2) is 4.98 Å². The number of carboxylic acid groups (broad SMARTS) is 1. The topological polar surface area (TPSA) is 608 Å².